The van der Waals surface area contributed by atoms with Crippen molar-refractivity contribution in [1.82, 2.24) is 9.71 Å². The summed E-state index contributed by atoms with van der Waals surface area (Å²) in [6, 6.07) is 15.0. The van der Waals surface area contributed by atoms with Crippen molar-refractivity contribution in [2.45, 2.75) is 17.9 Å². The van der Waals surface area contributed by atoms with E-state index in [0.29, 0.717) is 12.1 Å². The van der Waals surface area contributed by atoms with E-state index in [1.165, 1.54) is 28.7 Å². The SMILES string of the molecule is O=c1[nH]c2ccc(S(=O)(=O)NCCC[NH+]3CC[NH+](Cc4ccccc4)CC3)cc2o1. The molecular formula is C21H28N4O4S+2. The van der Waals surface area contributed by atoms with E-state index in [1.807, 2.05) is 6.07 Å². The molecule has 3 aromatic rings. The van der Waals surface area contributed by atoms with Gasteiger partial charge in [0.25, 0.3) is 0 Å². The van der Waals surface area contributed by atoms with Crippen LogP contribution in [-0.2, 0) is 16.6 Å². The van der Waals surface area contributed by atoms with E-state index in [4.69, 9.17) is 4.42 Å². The van der Waals surface area contributed by atoms with Gasteiger partial charge in [-0.05, 0) is 12.1 Å². The van der Waals surface area contributed by atoms with Gasteiger partial charge in [-0.2, -0.15) is 0 Å². The van der Waals surface area contributed by atoms with Gasteiger partial charge in [-0.15, -0.1) is 0 Å². The van der Waals surface area contributed by atoms with Gasteiger partial charge in [-0.25, -0.2) is 17.9 Å². The molecule has 4 N–H and O–H groups in total. The highest BCUT2D eigenvalue weighted by Gasteiger charge is 2.23. The highest BCUT2D eigenvalue weighted by Crippen LogP contribution is 2.16. The molecule has 0 saturated carbocycles. The molecule has 160 valence electrons. The molecule has 0 amide bonds. The Labute approximate surface area is 175 Å². The Morgan fingerprint density at radius 2 is 1.73 bits per heavy atom. The zero-order valence-electron chi connectivity index (χ0n) is 16.8. The highest BCUT2D eigenvalue weighted by atomic mass is 32.2. The molecule has 0 bridgehead atoms. The van der Waals surface area contributed by atoms with E-state index in [1.54, 1.807) is 4.90 Å². The Kier molecular flexibility index (Phi) is 6.33. The fraction of sp³-hybridized carbons (Fsp3) is 0.381. The second-order valence-electron chi connectivity index (χ2n) is 7.84. The second-order valence-corrected chi connectivity index (χ2v) is 9.60. The first kappa shape index (κ1) is 20.8. The molecule has 1 aliphatic heterocycles. The summed E-state index contributed by atoms with van der Waals surface area (Å²) >= 11 is 0. The molecule has 30 heavy (non-hydrogen) atoms. The van der Waals surface area contributed by atoms with Crippen molar-refractivity contribution in [3.8, 4) is 0 Å². The summed E-state index contributed by atoms with van der Waals surface area (Å²) < 4.78 is 32.6. The summed E-state index contributed by atoms with van der Waals surface area (Å²) in [5.74, 6) is -0.596. The van der Waals surface area contributed by atoms with Crippen molar-refractivity contribution in [1.29, 1.82) is 0 Å². The van der Waals surface area contributed by atoms with Crippen LogP contribution in [0.3, 0.4) is 0 Å². The molecule has 1 saturated heterocycles. The first-order valence-electron chi connectivity index (χ1n) is 10.3. The number of benzene rings is 2. The molecule has 1 aromatic heterocycles. The quantitative estimate of drug-likeness (QED) is 0.335. The van der Waals surface area contributed by atoms with Crippen LogP contribution < -0.4 is 20.3 Å². The van der Waals surface area contributed by atoms with Gasteiger partial charge in [0.05, 0.1) is 17.0 Å². The smallest absolute Gasteiger partial charge is 0.408 e. The van der Waals surface area contributed by atoms with E-state index < -0.39 is 15.8 Å². The first-order valence-corrected chi connectivity index (χ1v) is 11.8. The summed E-state index contributed by atoms with van der Waals surface area (Å²) in [6.07, 6.45) is 0.782. The number of fused-ring (bicyclic) bond motifs is 1. The number of quaternary nitrogens is 2. The van der Waals surface area contributed by atoms with Gasteiger partial charge in [0.2, 0.25) is 10.0 Å². The average Bonchev–Trinajstić information content (AvgIpc) is 3.12. The van der Waals surface area contributed by atoms with Gasteiger partial charge < -0.3 is 14.2 Å². The second kappa shape index (κ2) is 9.13. The minimum absolute atomic E-state index is 0.100. The van der Waals surface area contributed by atoms with Crippen LogP contribution in [0.4, 0.5) is 0 Å². The molecule has 0 atom stereocenters. The van der Waals surface area contributed by atoms with Crippen LogP contribution in [0.15, 0.2) is 62.6 Å². The minimum atomic E-state index is -3.63. The number of nitrogens with one attached hydrogen (secondary N) is 4. The standard InChI is InChI=1S/C21H26N4O4S/c26-21-23-19-8-7-18(15-20(19)29-21)30(27,28)22-9-4-10-24-11-13-25(14-12-24)16-17-5-2-1-3-6-17/h1-3,5-8,15,22H,4,9-14,16H2,(H,23,26)/p+2. The number of sulfonamides is 1. The van der Waals surface area contributed by atoms with E-state index in [2.05, 4.69) is 34.0 Å². The van der Waals surface area contributed by atoms with Crippen LogP contribution in [0.1, 0.15) is 12.0 Å². The van der Waals surface area contributed by atoms with Crippen molar-refractivity contribution >= 4 is 21.1 Å². The molecule has 9 heteroatoms. The topological polar surface area (TPSA) is 101 Å². The summed E-state index contributed by atoms with van der Waals surface area (Å²) in [6.45, 7) is 6.90. The van der Waals surface area contributed by atoms with E-state index >= 15 is 0 Å². The fourth-order valence-corrected chi connectivity index (χ4v) is 5.08. The Morgan fingerprint density at radius 1 is 1.00 bits per heavy atom. The molecule has 2 heterocycles. The minimum Gasteiger partial charge on any atom is -0.408 e. The lowest BCUT2D eigenvalue weighted by Gasteiger charge is -2.29. The van der Waals surface area contributed by atoms with E-state index in [0.717, 1.165) is 45.7 Å². The number of hydrogen-bond donors (Lipinski definition) is 4. The number of rotatable bonds is 8. The third-order valence-electron chi connectivity index (χ3n) is 5.66. The zero-order chi connectivity index (χ0) is 21.0. The summed E-state index contributed by atoms with van der Waals surface area (Å²) in [4.78, 5) is 17.0. The van der Waals surface area contributed by atoms with E-state index in [-0.39, 0.29) is 10.5 Å². The van der Waals surface area contributed by atoms with E-state index in [9.17, 15) is 13.2 Å². The van der Waals surface area contributed by atoms with Crippen molar-refractivity contribution < 1.29 is 22.6 Å². The van der Waals surface area contributed by atoms with Crippen molar-refractivity contribution in [2.75, 3.05) is 39.3 Å². The van der Waals surface area contributed by atoms with Gasteiger partial charge in [0.1, 0.15) is 32.7 Å². The third kappa shape index (κ3) is 5.17. The summed E-state index contributed by atoms with van der Waals surface area (Å²) in [5.41, 5.74) is 2.10. The zero-order valence-corrected chi connectivity index (χ0v) is 17.6. The molecule has 2 aromatic carbocycles. The molecule has 0 radical (unpaired) electrons. The number of piperazine rings is 1. The Hall–Kier alpha value is -2.46. The van der Waals surface area contributed by atoms with Crippen LogP contribution in [0, 0.1) is 0 Å². The van der Waals surface area contributed by atoms with Crippen LogP contribution >= 0.6 is 0 Å². The molecule has 1 fully saturated rings. The van der Waals surface area contributed by atoms with Crippen molar-refractivity contribution in [3.05, 3.63) is 64.6 Å². The van der Waals surface area contributed by atoms with Crippen molar-refractivity contribution in [3.63, 3.8) is 0 Å². The lowest BCUT2D eigenvalue weighted by molar-refractivity contribution is -1.02. The molecular weight excluding hydrogens is 404 g/mol. The first-order chi connectivity index (χ1) is 14.5. The number of aromatic nitrogens is 1. The maximum atomic E-state index is 12.5. The monoisotopic (exact) mass is 432 g/mol. The van der Waals surface area contributed by atoms with Crippen molar-refractivity contribution in [2.24, 2.45) is 0 Å². The van der Waals surface area contributed by atoms with Gasteiger partial charge in [0.15, 0.2) is 5.58 Å². The van der Waals surface area contributed by atoms with Gasteiger partial charge in [0, 0.05) is 24.6 Å². The van der Waals surface area contributed by atoms with Crippen LogP contribution in [-0.4, -0.2) is 52.7 Å². The van der Waals surface area contributed by atoms with Gasteiger partial charge in [-0.3, -0.25) is 4.98 Å². The van der Waals surface area contributed by atoms with Gasteiger partial charge in [-0.1, -0.05) is 30.3 Å². The molecule has 1 aliphatic rings. The lowest BCUT2D eigenvalue weighted by Crippen LogP contribution is -3.27. The molecule has 8 nitrogen and oxygen atoms in total. The highest BCUT2D eigenvalue weighted by molar-refractivity contribution is 7.89. The molecule has 0 unspecified atom stereocenters. The summed E-state index contributed by atoms with van der Waals surface area (Å²) in [7, 11) is -3.63. The molecule has 0 spiro atoms. The predicted octanol–water partition coefficient (Wildman–Crippen LogP) is -1.23. The maximum Gasteiger partial charge on any atom is 0.417 e. The van der Waals surface area contributed by atoms with Gasteiger partial charge >= 0.3 is 5.76 Å². The Bertz CT molecular complexity index is 1130. The lowest BCUT2D eigenvalue weighted by atomic mass is 10.2. The maximum absolute atomic E-state index is 12.5. The predicted molar refractivity (Wildman–Crippen MR) is 113 cm³/mol. The summed E-state index contributed by atoms with van der Waals surface area (Å²) in [5, 5.41) is 0. The van der Waals surface area contributed by atoms with Crippen LogP contribution in [0.2, 0.25) is 0 Å². The molecule has 0 aliphatic carbocycles. The van der Waals surface area contributed by atoms with Crippen LogP contribution in [0.5, 0.6) is 0 Å². The van der Waals surface area contributed by atoms with Crippen LogP contribution in [0.25, 0.3) is 11.1 Å². The third-order valence-corrected chi connectivity index (χ3v) is 7.12. The Balaban J connectivity index is 1.20. The normalized spacial score (nSPS) is 19.9. The fourth-order valence-electron chi connectivity index (χ4n) is 3.99. The number of H-pyrrole nitrogens is 1. The largest absolute Gasteiger partial charge is 0.417 e. The number of aromatic amines is 1. The number of oxazole rings is 1. The number of hydrogen-bond acceptors (Lipinski definition) is 4. The Morgan fingerprint density at radius 3 is 2.50 bits per heavy atom. The average molecular weight is 433 g/mol. The molecule has 4 rings (SSSR count).